The standard InChI is InChI=1S/C20H24FNO2/c1-3-5-6-15-7-11-17(12-8-15)22-20(23)19(4-2)24-18-13-9-16(21)10-14-18/h7-14,19H,3-6H2,1-2H3,(H,22,23). The Morgan fingerprint density at radius 3 is 2.33 bits per heavy atom. The van der Waals surface area contributed by atoms with Crippen molar-refractivity contribution in [3.05, 3.63) is 59.9 Å². The van der Waals surface area contributed by atoms with E-state index in [9.17, 15) is 9.18 Å². The van der Waals surface area contributed by atoms with Crippen molar-refractivity contribution in [3.8, 4) is 5.75 Å². The summed E-state index contributed by atoms with van der Waals surface area (Å²) in [6, 6.07) is 13.6. The third kappa shape index (κ3) is 5.37. The number of benzene rings is 2. The van der Waals surface area contributed by atoms with Crippen LogP contribution < -0.4 is 10.1 Å². The van der Waals surface area contributed by atoms with Gasteiger partial charge < -0.3 is 10.1 Å². The number of anilines is 1. The van der Waals surface area contributed by atoms with Crippen LogP contribution in [0.3, 0.4) is 0 Å². The van der Waals surface area contributed by atoms with Crippen LogP contribution in [0.5, 0.6) is 5.75 Å². The molecule has 2 rings (SSSR count). The molecule has 0 fully saturated rings. The molecule has 1 unspecified atom stereocenters. The zero-order chi connectivity index (χ0) is 17.4. The number of carbonyl (C=O) groups is 1. The highest BCUT2D eigenvalue weighted by atomic mass is 19.1. The van der Waals surface area contributed by atoms with E-state index in [1.807, 2.05) is 31.2 Å². The molecule has 0 heterocycles. The summed E-state index contributed by atoms with van der Waals surface area (Å²) in [5.41, 5.74) is 2.02. The molecule has 24 heavy (non-hydrogen) atoms. The summed E-state index contributed by atoms with van der Waals surface area (Å²) in [5, 5.41) is 2.87. The number of rotatable bonds is 8. The molecule has 0 aliphatic carbocycles. The van der Waals surface area contributed by atoms with E-state index in [1.165, 1.54) is 29.8 Å². The third-order valence-electron chi connectivity index (χ3n) is 3.80. The molecule has 0 spiro atoms. The summed E-state index contributed by atoms with van der Waals surface area (Å²) in [6.07, 6.45) is 3.29. The van der Waals surface area contributed by atoms with Gasteiger partial charge in [-0.05, 0) is 61.2 Å². The Balaban J connectivity index is 1.94. The molecule has 2 aromatic carbocycles. The van der Waals surface area contributed by atoms with E-state index < -0.39 is 6.10 Å². The molecule has 0 aromatic heterocycles. The maximum absolute atomic E-state index is 12.9. The second kappa shape index (κ2) is 9.06. The molecule has 1 amide bonds. The van der Waals surface area contributed by atoms with E-state index in [0.717, 1.165) is 24.9 Å². The number of aryl methyl sites for hydroxylation is 1. The van der Waals surface area contributed by atoms with Gasteiger partial charge in [-0.25, -0.2) is 4.39 Å². The number of hydrogen-bond acceptors (Lipinski definition) is 2. The van der Waals surface area contributed by atoms with Gasteiger partial charge in [-0.3, -0.25) is 4.79 Å². The van der Waals surface area contributed by atoms with E-state index >= 15 is 0 Å². The average molecular weight is 329 g/mol. The van der Waals surface area contributed by atoms with Crippen molar-refractivity contribution in [2.24, 2.45) is 0 Å². The molecule has 0 radical (unpaired) electrons. The first-order chi connectivity index (χ1) is 11.6. The van der Waals surface area contributed by atoms with Crippen molar-refractivity contribution in [1.82, 2.24) is 0 Å². The fraction of sp³-hybridized carbons (Fsp3) is 0.350. The fourth-order valence-electron chi connectivity index (χ4n) is 2.36. The number of amides is 1. The fourth-order valence-corrected chi connectivity index (χ4v) is 2.36. The molecule has 0 saturated carbocycles. The summed E-state index contributed by atoms with van der Waals surface area (Å²) >= 11 is 0. The lowest BCUT2D eigenvalue weighted by atomic mass is 10.1. The van der Waals surface area contributed by atoms with Gasteiger partial charge in [0.2, 0.25) is 0 Å². The highest BCUT2D eigenvalue weighted by Gasteiger charge is 2.18. The summed E-state index contributed by atoms with van der Waals surface area (Å²) in [4.78, 5) is 12.4. The molecule has 2 aromatic rings. The number of ether oxygens (including phenoxy) is 1. The summed E-state index contributed by atoms with van der Waals surface area (Å²) in [5.74, 6) is -0.0561. The predicted molar refractivity (Wildman–Crippen MR) is 94.8 cm³/mol. The Kier molecular flexibility index (Phi) is 6.79. The van der Waals surface area contributed by atoms with E-state index in [2.05, 4.69) is 12.2 Å². The second-order valence-electron chi connectivity index (χ2n) is 5.76. The van der Waals surface area contributed by atoms with E-state index in [1.54, 1.807) is 0 Å². The first-order valence-electron chi connectivity index (χ1n) is 8.44. The molecule has 0 aliphatic rings. The quantitative estimate of drug-likeness (QED) is 0.743. The molecule has 0 aliphatic heterocycles. The van der Waals surface area contributed by atoms with Gasteiger partial charge in [0.1, 0.15) is 11.6 Å². The van der Waals surface area contributed by atoms with Crippen LogP contribution >= 0.6 is 0 Å². The Bertz CT molecular complexity index is 638. The highest BCUT2D eigenvalue weighted by Crippen LogP contribution is 2.17. The smallest absolute Gasteiger partial charge is 0.265 e. The van der Waals surface area contributed by atoms with Crippen LogP contribution in [-0.4, -0.2) is 12.0 Å². The molecular weight excluding hydrogens is 305 g/mol. The third-order valence-corrected chi connectivity index (χ3v) is 3.80. The van der Waals surface area contributed by atoms with Gasteiger partial charge in [-0.1, -0.05) is 32.4 Å². The van der Waals surface area contributed by atoms with Gasteiger partial charge in [0, 0.05) is 5.69 Å². The normalized spacial score (nSPS) is 11.8. The van der Waals surface area contributed by atoms with Crippen molar-refractivity contribution in [2.45, 2.75) is 45.6 Å². The zero-order valence-corrected chi connectivity index (χ0v) is 14.2. The molecular formula is C20H24FNO2. The molecule has 0 saturated heterocycles. The van der Waals surface area contributed by atoms with Crippen LogP contribution in [0.1, 0.15) is 38.7 Å². The molecule has 0 bridgehead atoms. The Morgan fingerprint density at radius 2 is 1.75 bits per heavy atom. The number of nitrogens with one attached hydrogen (secondary N) is 1. The van der Waals surface area contributed by atoms with Gasteiger partial charge in [0.15, 0.2) is 6.10 Å². The van der Waals surface area contributed by atoms with Crippen LogP contribution in [0.4, 0.5) is 10.1 Å². The minimum absolute atomic E-state index is 0.205. The first kappa shape index (κ1) is 18.0. The van der Waals surface area contributed by atoms with Crippen LogP contribution in [0, 0.1) is 5.82 Å². The lowest BCUT2D eigenvalue weighted by Gasteiger charge is -2.17. The van der Waals surface area contributed by atoms with Crippen LogP contribution in [0.2, 0.25) is 0 Å². The summed E-state index contributed by atoms with van der Waals surface area (Å²) in [6.45, 7) is 4.04. The molecule has 4 heteroatoms. The van der Waals surface area contributed by atoms with Crippen LogP contribution in [-0.2, 0) is 11.2 Å². The van der Waals surface area contributed by atoms with Crippen molar-refractivity contribution in [2.75, 3.05) is 5.32 Å². The number of halogens is 1. The van der Waals surface area contributed by atoms with Gasteiger partial charge in [0.05, 0.1) is 0 Å². The topological polar surface area (TPSA) is 38.3 Å². The second-order valence-corrected chi connectivity index (χ2v) is 5.76. The van der Waals surface area contributed by atoms with E-state index in [0.29, 0.717) is 12.2 Å². The van der Waals surface area contributed by atoms with Crippen molar-refractivity contribution >= 4 is 11.6 Å². The van der Waals surface area contributed by atoms with Crippen molar-refractivity contribution < 1.29 is 13.9 Å². The highest BCUT2D eigenvalue weighted by molar-refractivity contribution is 5.94. The molecule has 1 N–H and O–H groups in total. The van der Waals surface area contributed by atoms with Gasteiger partial charge in [-0.2, -0.15) is 0 Å². The van der Waals surface area contributed by atoms with Crippen LogP contribution in [0.25, 0.3) is 0 Å². The SMILES string of the molecule is CCCCc1ccc(NC(=O)C(CC)Oc2ccc(F)cc2)cc1. The average Bonchev–Trinajstić information content (AvgIpc) is 2.60. The number of hydrogen-bond donors (Lipinski definition) is 1. The lowest BCUT2D eigenvalue weighted by Crippen LogP contribution is -2.32. The first-order valence-corrected chi connectivity index (χ1v) is 8.44. The van der Waals surface area contributed by atoms with Gasteiger partial charge in [-0.15, -0.1) is 0 Å². The predicted octanol–water partition coefficient (Wildman–Crippen LogP) is 4.96. The van der Waals surface area contributed by atoms with Gasteiger partial charge >= 0.3 is 0 Å². The lowest BCUT2D eigenvalue weighted by molar-refractivity contribution is -0.122. The van der Waals surface area contributed by atoms with Gasteiger partial charge in [0.25, 0.3) is 5.91 Å². The summed E-state index contributed by atoms with van der Waals surface area (Å²) < 4.78 is 18.6. The molecule has 3 nitrogen and oxygen atoms in total. The zero-order valence-electron chi connectivity index (χ0n) is 14.2. The molecule has 1 atom stereocenters. The van der Waals surface area contributed by atoms with E-state index in [4.69, 9.17) is 4.74 Å². The van der Waals surface area contributed by atoms with Crippen molar-refractivity contribution in [3.63, 3.8) is 0 Å². The van der Waals surface area contributed by atoms with E-state index in [-0.39, 0.29) is 11.7 Å². The van der Waals surface area contributed by atoms with Crippen molar-refractivity contribution in [1.29, 1.82) is 0 Å². The Labute approximate surface area is 142 Å². The maximum atomic E-state index is 12.9. The number of unbranched alkanes of at least 4 members (excludes halogenated alkanes) is 1. The van der Waals surface area contributed by atoms with Crippen LogP contribution in [0.15, 0.2) is 48.5 Å². The summed E-state index contributed by atoms with van der Waals surface area (Å²) in [7, 11) is 0. The minimum Gasteiger partial charge on any atom is -0.481 e. The molecule has 128 valence electrons. The maximum Gasteiger partial charge on any atom is 0.265 e. The Hall–Kier alpha value is -2.36. The Morgan fingerprint density at radius 1 is 1.08 bits per heavy atom. The number of carbonyl (C=O) groups excluding carboxylic acids is 1. The monoisotopic (exact) mass is 329 g/mol. The largest absolute Gasteiger partial charge is 0.481 e. The minimum atomic E-state index is -0.616.